The SMILES string of the molecule is O=C(N[C@H](c1c(F)ccc(Cl)c1F)C12CCC(F)(CC1)C2)[C@@H]1C[C@@H](O)[C@@H](NC(=O)[C@@H]2CCCO2)C1. The molecule has 192 valence electrons. The van der Waals surface area contributed by atoms with Crippen LogP contribution in [0.1, 0.15) is 69.4 Å². The predicted octanol–water partition coefficient (Wildman–Crippen LogP) is 3.88. The lowest BCUT2D eigenvalue weighted by atomic mass is 9.74. The molecule has 2 amide bonds. The topological polar surface area (TPSA) is 87.7 Å². The van der Waals surface area contributed by atoms with E-state index in [2.05, 4.69) is 10.6 Å². The zero-order chi connectivity index (χ0) is 25.0. The summed E-state index contributed by atoms with van der Waals surface area (Å²) >= 11 is 5.96. The van der Waals surface area contributed by atoms with E-state index in [0.717, 1.165) is 18.6 Å². The van der Waals surface area contributed by atoms with Crippen LogP contribution >= 0.6 is 11.6 Å². The Morgan fingerprint density at radius 1 is 1.14 bits per heavy atom. The lowest BCUT2D eigenvalue weighted by Crippen LogP contribution is -2.45. The summed E-state index contributed by atoms with van der Waals surface area (Å²) in [5.74, 6) is -3.28. The van der Waals surface area contributed by atoms with E-state index in [1.54, 1.807) is 0 Å². The fourth-order valence-electron chi connectivity index (χ4n) is 6.62. The van der Waals surface area contributed by atoms with Crippen molar-refractivity contribution in [1.29, 1.82) is 0 Å². The van der Waals surface area contributed by atoms with E-state index >= 15 is 8.78 Å². The average molecular weight is 515 g/mol. The number of aliphatic hydroxyl groups is 1. The fourth-order valence-corrected chi connectivity index (χ4v) is 6.78. The quantitative estimate of drug-likeness (QED) is 0.503. The summed E-state index contributed by atoms with van der Waals surface area (Å²) in [6.07, 6.45) is 1.64. The minimum atomic E-state index is -1.39. The maximum atomic E-state index is 15.1. The molecule has 1 heterocycles. The Bertz CT molecular complexity index is 1010. The van der Waals surface area contributed by atoms with Crippen molar-refractivity contribution in [2.45, 2.75) is 87.7 Å². The van der Waals surface area contributed by atoms with E-state index in [4.69, 9.17) is 16.3 Å². The number of halogens is 4. The highest BCUT2D eigenvalue weighted by Crippen LogP contribution is 2.63. The van der Waals surface area contributed by atoms with E-state index in [9.17, 15) is 19.1 Å². The summed E-state index contributed by atoms with van der Waals surface area (Å²) < 4.78 is 50.5. The molecular formula is C25H30ClF3N2O4. The summed E-state index contributed by atoms with van der Waals surface area (Å²) in [5, 5.41) is 15.8. The molecule has 0 aromatic heterocycles. The van der Waals surface area contributed by atoms with Crippen molar-refractivity contribution in [3.05, 3.63) is 34.4 Å². The number of hydrogen-bond acceptors (Lipinski definition) is 4. The minimum absolute atomic E-state index is 0.0928. The molecule has 4 fully saturated rings. The molecule has 3 N–H and O–H groups in total. The zero-order valence-electron chi connectivity index (χ0n) is 19.3. The lowest BCUT2D eigenvalue weighted by molar-refractivity contribution is -0.131. The van der Waals surface area contributed by atoms with Crippen LogP contribution < -0.4 is 10.6 Å². The molecule has 35 heavy (non-hydrogen) atoms. The number of carbonyl (C=O) groups is 2. The number of carbonyl (C=O) groups excluding carboxylic acids is 2. The Morgan fingerprint density at radius 3 is 2.51 bits per heavy atom. The summed E-state index contributed by atoms with van der Waals surface area (Å²) in [5.41, 5.74) is -2.56. The first-order valence-electron chi connectivity index (χ1n) is 12.3. The number of alkyl halides is 1. The predicted molar refractivity (Wildman–Crippen MR) is 121 cm³/mol. The Morgan fingerprint density at radius 2 is 1.89 bits per heavy atom. The van der Waals surface area contributed by atoms with Crippen molar-refractivity contribution in [2.24, 2.45) is 11.3 Å². The summed E-state index contributed by atoms with van der Waals surface area (Å²) in [7, 11) is 0. The highest BCUT2D eigenvalue weighted by Gasteiger charge is 2.59. The number of amides is 2. The molecule has 6 nitrogen and oxygen atoms in total. The Hall–Kier alpha value is -1.84. The van der Waals surface area contributed by atoms with Gasteiger partial charge >= 0.3 is 0 Å². The number of ether oxygens (including phenoxy) is 1. The van der Waals surface area contributed by atoms with Gasteiger partial charge in [-0.1, -0.05) is 11.6 Å². The van der Waals surface area contributed by atoms with Crippen molar-refractivity contribution >= 4 is 23.4 Å². The number of hydrogen-bond donors (Lipinski definition) is 3. The third-order valence-corrected chi connectivity index (χ3v) is 8.82. The molecule has 1 aliphatic heterocycles. The van der Waals surface area contributed by atoms with Crippen LogP contribution in [-0.2, 0) is 14.3 Å². The molecule has 0 unspecified atom stereocenters. The van der Waals surface area contributed by atoms with Gasteiger partial charge < -0.3 is 20.5 Å². The van der Waals surface area contributed by atoms with Crippen molar-refractivity contribution in [1.82, 2.24) is 10.6 Å². The highest BCUT2D eigenvalue weighted by atomic mass is 35.5. The Kier molecular flexibility index (Phi) is 6.55. The molecule has 0 radical (unpaired) electrons. The van der Waals surface area contributed by atoms with Crippen molar-refractivity contribution in [3.8, 4) is 0 Å². The van der Waals surface area contributed by atoms with Gasteiger partial charge in [-0.25, -0.2) is 13.2 Å². The third-order valence-electron chi connectivity index (χ3n) is 8.53. The zero-order valence-corrected chi connectivity index (χ0v) is 20.1. The second-order valence-electron chi connectivity index (χ2n) is 10.7. The second-order valence-corrected chi connectivity index (χ2v) is 11.1. The molecule has 4 aliphatic rings. The number of rotatable bonds is 6. The van der Waals surface area contributed by atoms with Crippen LogP contribution in [-0.4, -0.2) is 47.4 Å². The van der Waals surface area contributed by atoms with E-state index in [1.807, 2.05) is 0 Å². The molecule has 3 aliphatic carbocycles. The van der Waals surface area contributed by atoms with Gasteiger partial charge in [0.15, 0.2) is 0 Å². The van der Waals surface area contributed by atoms with Crippen LogP contribution in [0.5, 0.6) is 0 Å². The average Bonchev–Trinajstić information content (AvgIpc) is 3.60. The van der Waals surface area contributed by atoms with Crippen molar-refractivity contribution < 1.29 is 32.6 Å². The van der Waals surface area contributed by atoms with E-state index in [0.29, 0.717) is 25.9 Å². The second kappa shape index (κ2) is 9.23. The monoisotopic (exact) mass is 514 g/mol. The van der Waals surface area contributed by atoms with Crippen molar-refractivity contribution in [2.75, 3.05) is 6.61 Å². The van der Waals surface area contributed by atoms with Gasteiger partial charge in [0.05, 0.1) is 23.2 Å². The Balaban J connectivity index is 1.35. The van der Waals surface area contributed by atoms with E-state index in [1.165, 1.54) is 0 Å². The molecule has 2 bridgehead atoms. The fraction of sp³-hybridized carbons (Fsp3) is 0.680. The standard InChI is InChI=1S/C25H30ClF3N2O4/c26-14-3-4-15(27)19(20(14)28)21(24-5-7-25(29,12-24)8-6-24)31-22(33)13-10-16(17(32)11-13)30-23(34)18-2-1-9-35-18/h3-4,13,16-18,21,32H,1-2,5-12H2,(H,30,34)(H,31,33)/t13-,16-,17+,18-,21+,24?,25?/m0/s1. The molecular weight excluding hydrogens is 485 g/mol. The van der Waals surface area contributed by atoms with Gasteiger partial charge in [0.2, 0.25) is 11.8 Å². The summed E-state index contributed by atoms with van der Waals surface area (Å²) in [6, 6.07) is 0.449. The molecule has 5 atom stereocenters. The summed E-state index contributed by atoms with van der Waals surface area (Å²) in [6.45, 7) is 0.510. The number of aliphatic hydroxyl groups excluding tert-OH is 1. The molecule has 1 aromatic carbocycles. The smallest absolute Gasteiger partial charge is 0.249 e. The third kappa shape index (κ3) is 4.55. The maximum absolute atomic E-state index is 15.1. The van der Waals surface area contributed by atoms with Gasteiger partial charge in [-0.2, -0.15) is 0 Å². The number of fused-ring (bicyclic) bond motifs is 2. The largest absolute Gasteiger partial charge is 0.391 e. The molecule has 1 aromatic rings. The Labute approximate surface area is 206 Å². The van der Waals surface area contributed by atoms with Crippen LogP contribution in [0, 0.1) is 23.0 Å². The number of benzene rings is 1. The van der Waals surface area contributed by atoms with Gasteiger partial charge in [-0.3, -0.25) is 9.59 Å². The van der Waals surface area contributed by atoms with Crippen LogP contribution in [0.15, 0.2) is 12.1 Å². The van der Waals surface area contributed by atoms with Gasteiger partial charge in [-0.15, -0.1) is 0 Å². The van der Waals surface area contributed by atoms with Gasteiger partial charge in [-0.05, 0) is 75.3 Å². The molecule has 1 saturated heterocycles. The van der Waals surface area contributed by atoms with Gasteiger partial charge in [0.1, 0.15) is 23.4 Å². The normalized spacial score (nSPS) is 36.9. The molecule has 10 heteroatoms. The van der Waals surface area contributed by atoms with Gasteiger partial charge in [0.25, 0.3) is 0 Å². The first kappa shape index (κ1) is 24.8. The van der Waals surface area contributed by atoms with Crippen LogP contribution in [0.3, 0.4) is 0 Å². The maximum Gasteiger partial charge on any atom is 0.249 e. The molecule has 5 rings (SSSR count). The first-order valence-corrected chi connectivity index (χ1v) is 12.7. The van der Waals surface area contributed by atoms with Gasteiger partial charge in [0, 0.05) is 18.1 Å². The van der Waals surface area contributed by atoms with Crippen molar-refractivity contribution in [3.63, 3.8) is 0 Å². The minimum Gasteiger partial charge on any atom is -0.391 e. The first-order chi connectivity index (χ1) is 16.6. The molecule has 0 spiro atoms. The molecule has 3 saturated carbocycles. The van der Waals surface area contributed by atoms with Crippen LogP contribution in [0.25, 0.3) is 0 Å². The van der Waals surface area contributed by atoms with E-state index < -0.39 is 58.8 Å². The lowest BCUT2D eigenvalue weighted by Gasteiger charge is -2.37. The summed E-state index contributed by atoms with van der Waals surface area (Å²) in [4.78, 5) is 25.8. The van der Waals surface area contributed by atoms with E-state index in [-0.39, 0.29) is 48.6 Å². The number of nitrogens with one attached hydrogen (secondary N) is 2. The van der Waals surface area contributed by atoms with Crippen LogP contribution in [0.2, 0.25) is 5.02 Å². The van der Waals surface area contributed by atoms with Crippen LogP contribution in [0.4, 0.5) is 13.2 Å². The highest BCUT2D eigenvalue weighted by molar-refractivity contribution is 6.30.